The number of benzene rings is 1. The summed E-state index contributed by atoms with van der Waals surface area (Å²) < 4.78 is 11.6. The normalized spacial score (nSPS) is 23.2. The van der Waals surface area contributed by atoms with E-state index in [0.29, 0.717) is 19.1 Å². The van der Waals surface area contributed by atoms with Crippen molar-refractivity contribution in [3.63, 3.8) is 0 Å². The second kappa shape index (κ2) is 7.75. The number of hydrogen-bond donors (Lipinski definition) is 1. The largest absolute Gasteiger partial charge is 0.348 e. The van der Waals surface area contributed by atoms with Gasteiger partial charge in [0.1, 0.15) is 0 Å². The summed E-state index contributed by atoms with van der Waals surface area (Å²) in [6, 6.07) is 10.4. The van der Waals surface area contributed by atoms with Crippen LogP contribution in [0.5, 0.6) is 0 Å². The molecule has 5 heteroatoms. The van der Waals surface area contributed by atoms with Gasteiger partial charge in [0.25, 0.3) is 0 Å². The van der Waals surface area contributed by atoms with E-state index < -0.39 is 5.79 Å². The van der Waals surface area contributed by atoms with Crippen LogP contribution in [-0.4, -0.2) is 49.1 Å². The predicted molar refractivity (Wildman–Crippen MR) is 97.5 cm³/mol. The molecule has 25 heavy (non-hydrogen) atoms. The highest BCUT2D eigenvalue weighted by atomic mass is 16.7. The van der Waals surface area contributed by atoms with E-state index >= 15 is 0 Å². The highest BCUT2D eigenvalue weighted by Crippen LogP contribution is 2.35. The van der Waals surface area contributed by atoms with Crippen LogP contribution in [0.4, 0.5) is 4.79 Å². The van der Waals surface area contributed by atoms with Crippen molar-refractivity contribution in [1.29, 1.82) is 0 Å². The first kappa shape index (κ1) is 18.2. The lowest BCUT2D eigenvalue weighted by atomic mass is 9.89. The summed E-state index contributed by atoms with van der Waals surface area (Å²) in [6.07, 6.45) is 1.85. The minimum Gasteiger partial charge on any atom is -0.348 e. The lowest BCUT2D eigenvalue weighted by molar-refractivity contribution is -0.189. The van der Waals surface area contributed by atoms with Gasteiger partial charge in [-0.2, -0.15) is 0 Å². The van der Waals surface area contributed by atoms with Crippen molar-refractivity contribution in [2.45, 2.75) is 51.4 Å². The third kappa shape index (κ3) is 4.15. The summed E-state index contributed by atoms with van der Waals surface area (Å²) >= 11 is 0. The van der Waals surface area contributed by atoms with Gasteiger partial charge in [-0.05, 0) is 32.3 Å². The van der Waals surface area contributed by atoms with Crippen molar-refractivity contribution in [3.8, 4) is 0 Å². The number of carbonyl (C=O) groups excluding carboxylic acids is 1. The standard InChI is InChI=1S/C20H30N2O3/c1-15(17-7-5-4-6-8-17)16(2)21-19(23)22-11-9-18(10-12-22)20(3)24-13-14-25-20/h4-8,15-16,18H,9-14H2,1-3H3,(H,21,23)/t15-,16+/m1/s1. The number of ether oxygens (including phenoxy) is 2. The third-order valence-electron chi connectivity index (χ3n) is 5.81. The minimum absolute atomic E-state index is 0.0344. The van der Waals surface area contributed by atoms with E-state index in [0.717, 1.165) is 25.9 Å². The highest BCUT2D eigenvalue weighted by Gasteiger charge is 2.41. The quantitative estimate of drug-likeness (QED) is 0.909. The summed E-state index contributed by atoms with van der Waals surface area (Å²) in [5, 5.41) is 3.17. The van der Waals surface area contributed by atoms with E-state index in [4.69, 9.17) is 9.47 Å². The molecule has 2 heterocycles. The monoisotopic (exact) mass is 346 g/mol. The van der Waals surface area contributed by atoms with Gasteiger partial charge in [-0.25, -0.2) is 4.79 Å². The molecule has 138 valence electrons. The minimum atomic E-state index is -0.461. The van der Waals surface area contributed by atoms with Crippen LogP contribution in [0, 0.1) is 5.92 Å². The lowest BCUT2D eigenvalue weighted by Gasteiger charge is -2.39. The van der Waals surface area contributed by atoms with Crippen LogP contribution in [0.2, 0.25) is 0 Å². The number of urea groups is 1. The maximum absolute atomic E-state index is 12.6. The lowest BCUT2D eigenvalue weighted by Crippen LogP contribution is -2.51. The fraction of sp³-hybridized carbons (Fsp3) is 0.650. The molecule has 0 aliphatic carbocycles. The van der Waals surface area contributed by atoms with Crippen LogP contribution in [0.1, 0.15) is 45.1 Å². The summed E-state index contributed by atoms with van der Waals surface area (Å²) in [7, 11) is 0. The molecule has 2 fully saturated rings. The molecule has 2 amide bonds. The van der Waals surface area contributed by atoms with Crippen molar-refractivity contribution in [2.24, 2.45) is 5.92 Å². The second-order valence-electron chi connectivity index (χ2n) is 7.41. The Morgan fingerprint density at radius 3 is 2.36 bits per heavy atom. The number of piperidine rings is 1. The summed E-state index contributed by atoms with van der Waals surface area (Å²) in [5.74, 6) is 0.180. The molecule has 3 rings (SSSR count). The van der Waals surface area contributed by atoms with Gasteiger partial charge < -0.3 is 19.7 Å². The molecule has 0 aromatic heterocycles. The molecule has 0 unspecified atom stereocenters. The molecule has 2 aliphatic rings. The third-order valence-corrected chi connectivity index (χ3v) is 5.81. The molecule has 5 nitrogen and oxygen atoms in total. The van der Waals surface area contributed by atoms with Crippen LogP contribution in [0.3, 0.4) is 0 Å². The summed E-state index contributed by atoms with van der Waals surface area (Å²) in [4.78, 5) is 14.5. The number of nitrogens with zero attached hydrogens (tertiary/aromatic N) is 1. The molecule has 1 aromatic carbocycles. The van der Waals surface area contributed by atoms with Gasteiger partial charge in [0.2, 0.25) is 0 Å². The van der Waals surface area contributed by atoms with Gasteiger partial charge in [0.05, 0.1) is 13.2 Å². The molecular weight excluding hydrogens is 316 g/mol. The Labute approximate surface area is 150 Å². The van der Waals surface area contributed by atoms with Crippen molar-refractivity contribution in [3.05, 3.63) is 35.9 Å². The van der Waals surface area contributed by atoms with Gasteiger partial charge in [-0.15, -0.1) is 0 Å². The van der Waals surface area contributed by atoms with Gasteiger partial charge in [0.15, 0.2) is 5.79 Å². The molecule has 2 aliphatic heterocycles. The smallest absolute Gasteiger partial charge is 0.317 e. The molecule has 1 aromatic rings. The number of nitrogens with one attached hydrogen (secondary N) is 1. The Kier molecular flexibility index (Phi) is 5.64. The van der Waals surface area contributed by atoms with Crippen molar-refractivity contribution < 1.29 is 14.3 Å². The predicted octanol–water partition coefficient (Wildman–Crippen LogP) is 3.36. The molecule has 0 radical (unpaired) electrons. The van der Waals surface area contributed by atoms with Gasteiger partial charge in [0, 0.05) is 31.0 Å². The van der Waals surface area contributed by atoms with E-state index in [9.17, 15) is 4.79 Å². The topological polar surface area (TPSA) is 50.8 Å². The average Bonchev–Trinajstić information content (AvgIpc) is 3.09. The van der Waals surface area contributed by atoms with Crippen LogP contribution >= 0.6 is 0 Å². The number of carbonyl (C=O) groups is 1. The summed E-state index contributed by atoms with van der Waals surface area (Å²) in [5.41, 5.74) is 1.25. The zero-order valence-corrected chi connectivity index (χ0v) is 15.5. The fourth-order valence-electron chi connectivity index (χ4n) is 3.83. The SMILES string of the molecule is C[C@H](NC(=O)N1CCC(C2(C)OCCO2)CC1)[C@@H](C)c1ccccc1. The molecule has 0 bridgehead atoms. The molecular formula is C20H30N2O3. The van der Waals surface area contributed by atoms with Crippen LogP contribution in [-0.2, 0) is 9.47 Å². The Balaban J connectivity index is 1.49. The zero-order valence-electron chi connectivity index (χ0n) is 15.5. The van der Waals surface area contributed by atoms with Gasteiger partial charge in [-0.1, -0.05) is 37.3 Å². The molecule has 2 atom stereocenters. The molecule has 1 N–H and O–H groups in total. The van der Waals surface area contributed by atoms with E-state index in [2.05, 4.69) is 31.3 Å². The van der Waals surface area contributed by atoms with Crippen LogP contribution in [0.15, 0.2) is 30.3 Å². The first-order chi connectivity index (χ1) is 12.0. The second-order valence-corrected chi connectivity index (χ2v) is 7.41. The number of amides is 2. The van der Waals surface area contributed by atoms with E-state index in [1.54, 1.807) is 0 Å². The number of hydrogen-bond acceptors (Lipinski definition) is 3. The first-order valence-corrected chi connectivity index (χ1v) is 9.38. The van der Waals surface area contributed by atoms with Crippen molar-refractivity contribution in [1.82, 2.24) is 10.2 Å². The van der Waals surface area contributed by atoms with Crippen LogP contribution < -0.4 is 5.32 Å². The Morgan fingerprint density at radius 2 is 1.76 bits per heavy atom. The molecule has 0 spiro atoms. The van der Waals surface area contributed by atoms with E-state index in [1.807, 2.05) is 30.0 Å². The number of likely N-dealkylation sites (tertiary alicyclic amines) is 1. The first-order valence-electron chi connectivity index (χ1n) is 9.38. The highest BCUT2D eigenvalue weighted by molar-refractivity contribution is 5.74. The van der Waals surface area contributed by atoms with E-state index in [-0.39, 0.29) is 18.0 Å². The maximum Gasteiger partial charge on any atom is 0.317 e. The van der Waals surface area contributed by atoms with Gasteiger partial charge in [-0.3, -0.25) is 0 Å². The average molecular weight is 346 g/mol. The van der Waals surface area contributed by atoms with Gasteiger partial charge >= 0.3 is 6.03 Å². The Hall–Kier alpha value is -1.59. The van der Waals surface area contributed by atoms with Crippen molar-refractivity contribution in [2.75, 3.05) is 26.3 Å². The Morgan fingerprint density at radius 1 is 1.16 bits per heavy atom. The van der Waals surface area contributed by atoms with Crippen molar-refractivity contribution >= 4 is 6.03 Å². The Bertz CT molecular complexity index is 564. The van der Waals surface area contributed by atoms with E-state index in [1.165, 1.54) is 5.56 Å². The molecule has 2 saturated heterocycles. The molecule has 0 saturated carbocycles. The summed E-state index contributed by atoms with van der Waals surface area (Å²) in [6.45, 7) is 9.12. The zero-order chi connectivity index (χ0) is 17.9. The fourth-order valence-corrected chi connectivity index (χ4v) is 3.83. The maximum atomic E-state index is 12.6. The van der Waals surface area contributed by atoms with Crippen LogP contribution in [0.25, 0.3) is 0 Å². The number of rotatable bonds is 4.